The molecule has 0 saturated carbocycles. The van der Waals surface area contributed by atoms with Crippen molar-refractivity contribution in [3.05, 3.63) is 0 Å². The standard InChI is InChI=1S/C7H13NO3S/c1-2-11-7(8)6-3-4-12(9,10)5-6/h6,8H,2-5H2,1H3. The van der Waals surface area contributed by atoms with E-state index < -0.39 is 9.84 Å². The van der Waals surface area contributed by atoms with E-state index in [4.69, 9.17) is 10.1 Å². The van der Waals surface area contributed by atoms with Crippen LogP contribution in [0.5, 0.6) is 0 Å². The maximum Gasteiger partial charge on any atom is 0.184 e. The molecule has 0 amide bonds. The van der Waals surface area contributed by atoms with E-state index in [1.807, 2.05) is 0 Å². The van der Waals surface area contributed by atoms with Crippen LogP contribution >= 0.6 is 0 Å². The van der Waals surface area contributed by atoms with Gasteiger partial charge in [-0.05, 0) is 13.3 Å². The molecule has 0 aromatic carbocycles. The molecule has 1 N–H and O–H groups in total. The molecule has 1 fully saturated rings. The lowest BCUT2D eigenvalue weighted by Gasteiger charge is -2.08. The molecular formula is C7H13NO3S. The molecule has 4 nitrogen and oxygen atoms in total. The quantitative estimate of drug-likeness (QED) is 0.508. The molecule has 1 saturated heterocycles. The Labute approximate surface area is 72.3 Å². The molecule has 0 spiro atoms. The smallest absolute Gasteiger partial charge is 0.184 e. The maximum atomic E-state index is 11.0. The SMILES string of the molecule is CCOC(=N)C1CCS(=O)(=O)C1. The van der Waals surface area contributed by atoms with Gasteiger partial charge in [-0.1, -0.05) is 0 Å². The van der Waals surface area contributed by atoms with Crippen molar-refractivity contribution in [1.29, 1.82) is 5.41 Å². The summed E-state index contributed by atoms with van der Waals surface area (Å²) in [6.45, 7) is 2.23. The van der Waals surface area contributed by atoms with Gasteiger partial charge in [0.05, 0.1) is 18.1 Å². The van der Waals surface area contributed by atoms with Gasteiger partial charge < -0.3 is 4.74 Å². The van der Waals surface area contributed by atoms with Gasteiger partial charge in [-0.15, -0.1) is 0 Å². The van der Waals surface area contributed by atoms with Crippen molar-refractivity contribution in [2.24, 2.45) is 5.92 Å². The highest BCUT2D eigenvalue weighted by atomic mass is 32.2. The van der Waals surface area contributed by atoms with Crippen LogP contribution in [0.1, 0.15) is 13.3 Å². The first-order chi connectivity index (χ1) is 5.55. The van der Waals surface area contributed by atoms with Crippen LogP contribution in [0.4, 0.5) is 0 Å². The number of rotatable bonds is 2. The van der Waals surface area contributed by atoms with Crippen LogP contribution in [0, 0.1) is 11.3 Å². The Morgan fingerprint density at radius 1 is 1.67 bits per heavy atom. The molecule has 1 atom stereocenters. The Kier molecular flexibility index (Phi) is 2.72. The Bertz CT molecular complexity index is 270. The van der Waals surface area contributed by atoms with E-state index in [2.05, 4.69) is 0 Å². The Morgan fingerprint density at radius 3 is 2.75 bits per heavy atom. The van der Waals surface area contributed by atoms with Crippen LogP contribution in [0.15, 0.2) is 0 Å². The molecule has 0 aliphatic carbocycles. The fourth-order valence-corrected chi connectivity index (χ4v) is 3.02. The molecule has 1 aliphatic heterocycles. The predicted molar refractivity (Wildman–Crippen MR) is 46.1 cm³/mol. The lowest BCUT2D eigenvalue weighted by molar-refractivity contribution is 0.300. The average Bonchev–Trinajstić information content (AvgIpc) is 2.31. The van der Waals surface area contributed by atoms with Gasteiger partial charge in [0.25, 0.3) is 0 Å². The zero-order valence-corrected chi connectivity index (χ0v) is 7.86. The van der Waals surface area contributed by atoms with Crippen molar-refractivity contribution in [3.8, 4) is 0 Å². The van der Waals surface area contributed by atoms with Crippen molar-refractivity contribution in [2.45, 2.75) is 13.3 Å². The molecular weight excluding hydrogens is 178 g/mol. The zero-order chi connectivity index (χ0) is 9.19. The van der Waals surface area contributed by atoms with E-state index in [1.165, 1.54) is 0 Å². The van der Waals surface area contributed by atoms with Gasteiger partial charge in [-0.25, -0.2) is 8.42 Å². The van der Waals surface area contributed by atoms with Crippen LogP contribution in [-0.4, -0.2) is 32.4 Å². The monoisotopic (exact) mass is 191 g/mol. The molecule has 1 unspecified atom stereocenters. The van der Waals surface area contributed by atoms with E-state index in [0.717, 1.165) is 0 Å². The second kappa shape index (κ2) is 3.43. The number of hydrogen-bond donors (Lipinski definition) is 1. The predicted octanol–water partition coefficient (Wildman–Crippen LogP) is 0.435. The summed E-state index contributed by atoms with van der Waals surface area (Å²) in [7, 11) is -2.88. The lowest BCUT2D eigenvalue weighted by atomic mass is 10.1. The number of sulfone groups is 1. The molecule has 1 rings (SSSR count). The molecule has 5 heteroatoms. The summed E-state index contributed by atoms with van der Waals surface area (Å²) in [5.74, 6) is 0.215. The first kappa shape index (κ1) is 9.51. The van der Waals surface area contributed by atoms with Gasteiger partial charge in [0, 0.05) is 5.92 Å². The van der Waals surface area contributed by atoms with Crippen molar-refractivity contribution in [2.75, 3.05) is 18.1 Å². The lowest BCUT2D eigenvalue weighted by Crippen LogP contribution is -2.17. The Hall–Kier alpha value is -0.580. The highest BCUT2D eigenvalue weighted by molar-refractivity contribution is 7.91. The highest BCUT2D eigenvalue weighted by Gasteiger charge is 2.31. The average molecular weight is 191 g/mol. The van der Waals surface area contributed by atoms with Crippen LogP contribution in [0.2, 0.25) is 0 Å². The topological polar surface area (TPSA) is 67.2 Å². The van der Waals surface area contributed by atoms with E-state index in [9.17, 15) is 8.42 Å². The van der Waals surface area contributed by atoms with Gasteiger partial charge in [-0.2, -0.15) is 0 Å². The van der Waals surface area contributed by atoms with Crippen LogP contribution in [0.3, 0.4) is 0 Å². The molecule has 0 bridgehead atoms. The third-order valence-corrected chi connectivity index (χ3v) is 3.67. The second-order valence-corrected chi connectivity index (χ2v) is 5.13. The van der Waals surface area contributed by atoms with E-state index in [-0.39, 0.29) is 23.3 Å². The fraction of sp³-hybridized carbons (Fsp3) is 0.857. The molecule has 1 aliphatic rings. The molecule has 0 aromatic rings. The van der Waals surface area contributed by atoms with Crippen molar-refractivity contribution < 1.29 is 13.2 Å². The van der Waals surface area contributed by atoms with E-state index in [1.54, 1.807) is 6.92 Å². The van der Waals surface area contributed by atoms with Crippen LogP contribution in [-0.2, 0) is 14.6 Å². The van der Waals surface area contributed by atoms with Gasteiger partial charge in [0.2, 0.25) is 0 Å². The van der Waals surface area contributed by atoms with Gasteiger partial charge in [-0.3, -0.25) is 5.41 Å². The summed E-state index contributed by atoms with van der Waals surface area (Å²) in [6.07, 6.45) is 0.543. The Morgan fingerprint density at radius 2 is 2.33 bits per heavy atom. The first-order valence-corrected chi connectivity index (χ1v) is 5.79. The van der Waals surface area contributed by atoms with E-state index >= 15 is 0 Å². The van der Waals surface area contributed by atoms with Crippen molar-refractivity contribution in [1.82, 2.24) is 0 Å². The third kappa shape index (κ3) is 2.20. The second-order valence-electron chi connectivity index (χ2n) is 2.90. The molecule has 70 valence electrons. The Balaban J connectivity index is 2.53. The third-order valence-electron chi connectivity index (χ3n) is 1.90. The molecule has 12 heavy (non-hydrogen) atoms. The minimum absolute atomic E-state index is 0.0891. The summed E-state index contributed by atoms with van der Waals surface area (Å²) < 4.78 is 26.9. The van der Waals surface area contributed by atoms with Gasteiger partial charge in [0.1, 0.15) is 0 Å². The number of hydrogen-bond acceptors (Lipinski definition) is 4. The summed E-state index contributed by atoms with van der Waals surface area (Å²) in [6, 6.07) is 0. The number of nitrogens with one attached hydrogen (secondary N) is 1. The number of ether oxygens (including phenoxy) is 1. The van der Waals surface area contributed by atoms with Gasteiger partial charge >= 0.3 is 0 Å². The van der Waals surface area contributed by atoms with Crippen LogP contribution in [0.25, 0.3) is 0 Å². The first-order valence-electron chi connectivity index (χ1n) is 3.97. The van der Waals surface area contributed by atoms with E-state index in [0.29, 0.717) is 13.0 Å². The van der Waals surface area contributed by atoms with Crippen LogP contribution < -0.4 is 0 Å². The summed E-state index contributed by atoms with van der Waals surface area (Å²) in [5, 5.41) is 7.38. The normalized spacial score (nSPS) is 26.9. The summed E-state index contributed by atoms with van der Waals surface area (Å²) >= 11 is 0. The largest absolute Gasteiger partial charge is 0.481 e. The zero-order valence-electron chi connectivity index (χ0n) is 7.04. The molecule has 0 aromatic heterocycles. The molecule has 0 radical (unpaired) electrons. The maximum absolute atomic E-state index is 11.0. The van der Waals surface area contributed by atoms with Crippen molar-refractivity contribution >= 4 is 15.7 Å². The molecule has 1 heterocycles. The minimum Gasteiger partial charge on any atom is -0.481 e. The fourth-order valence-electron chi connectivity index (χ4n) is 1.28. The summed E-state index contributed by atoms with van der Waals surface area (Å²) in [5.41, 5.74) is 0. The van der Waals surface area contributed by atoms with Gasteiger partial charge in [0.15, 0.2) is 15.7 Å². The summed E-state index contributed by atoms with van der Waals surface area (Å²) in [4.78, 5) is 0. The minimum atomic E-state index is -2.88. The van der Waals surface area contributed by atoms with Crippen molar-refractivity contribution in [3.63, 3.8) is 0 Å². The highest BCUT2D eigenvalue weighted by Crippen LogP contribution is 2.19.